The molecule has 0 bridgehead atoms. The molecular weight excluding hydrogens is 362 g/mol. The summed E-state index contributed by atoms with van der Waals surface area (Å²) in [7, 11) is -4.01. The van der Waals surface area contributed by atoms with Crippen LogP contribution in [0.5, 0.6) is 0 Å². The molecule has 0 radical (unpaired) electrons. The van der Waals surface area contributed by atoms with E-state index in [9.17, 15) is 18.0 Å². The van der Waals surface area contributed by atoms with Crippen LogP contribution < -0.4 is 9.62 Å². The van der Waals surface area contributed by atoms with Gasteiger partial charge in [-0.1, -0.05) is 11.6 Å². The predicted octanol–water partition coefficient (Wildman–Crippen LogP) is 2.55. The van der Waals surface area contributed by atoms with E-state index in [4.69, 9.17) is 21.8 Å². The van der Waals surface area contributed by atoms with E-state index < -0.39 is 27.9 Å². The van der Waals surface area contributed by atoms with Crippen molar-refractivity contribution in [3.63, 3.8) is 0 Å². The number of nitrogens with one attached hydrogen (secondary N) is 1. The molecule has 11 heteroatoms. The first kappa shape index (κ1) is 19.9. The average Bonchev–Trinajstić information content (AvgIpc) is 2.35. The minimum absolute atomic E-state index is 0.0425. The smallest absolute Gasteiger partial charge is 0.421 e. The molecule has 0 aliphatic carbocycles. The third-order valence-electron chi connectivity index (χ3n) is 2.39. The summed E-state index contributed by atoms with van der Waals surface area (Å²) < 4.78 is 29.3. The van der Waals surface area contributed by atoms with Crippen molar-refractivity contribution in [1.29, 1.82) is 0 Å². The maximum Gasteiger partial charge on any atom is 0.421 e. The lowest BCUT2D eigenvalue weighted by atomic mass is 10.1. The second kappa shape index (κ2) is 7.16. The Morgan fingerprint density at radius 2 is 1.79 bits per heavy atom. The second-order valence-corrected chi connectivity index (χ2v) is 7.44. The zero-order chi connectivity index (χ0) is 18.7. The first-order valence-corrected chi connectivity index (χ1v) is 8.29. The van der Waals surface area contributed by atoms with Crippen LogP contribution in [0.4, 0.5) is 15.3 Å². The lowest BCUT2D eigenvalue weighted by molar-refractivity contribution is 0.184. The van der Waals surface area contributed by atoms with Crippen LogP contribution in [-0.2, 0) is 10.2 Å². The summed E-state index contributed by atoms with van der Waals surface area (Å²) in [5, 5.41) is 17.9. The second-order valence-electron chi connectivity index (χ2n) is 5.67. The summed E-state index contributed by atoms with van der Waals surface area (Å²) in [6.45, 7) is 4.89. The normalized spacial score (nSPS) is 12.3. The Labute approximate surface area is 143 Å². The fraction of sp³-hybridized carbons (Fsp3) is 0.308. The molecule has 0 saturated heterocycles. The van der Waals surface area contributed by atoms with Crippen LogP contribution >= 0.6 is 11.6 Å². The summed E-state index contributed by atoms with van der Waals surface area (Å²) in [5.74, 6) is 0. The van der Waals surface area contributed by atoms with Gasteiger partial charge in [-0.05, 0) is 39.0 Å². The molecule has 24 heavy (non-hydrogen) atoms. The number of nitrogens with zero attached hydrogens (tertiary/aromatic N) is 2. The SMILES string of the molecule is CC(C)(C)NS(=O)(=O)N=Cc1cc(N(C(=O)O)C(=O)O)ccc1Cl. The Balaban J connectivity index is 3.22. The maximum atomic E-state index is 11.8. The van der Waals surface area contributed by atoms with E-state index in [0.717, 1.165) is 12.3 Å². The van der Waals surface area contributed by atoms with E-state index in [1.54, 1.807) is 20.8 Å². The molecule has 1 aromatic carbocycles. The van der Waals surface area contributed by atoms with Crippen molar-refractivity contribution >= 4 is 45.9 Å². The fourth-order valence-corrected chi connectivity index (χ4v) is 2.86. The third-order valence-corrected chi connectivity index (χ3v) is 3.98. The van der Waals surface area contributed by atoms with Gasteiger partial charge in [0.05, 0.1) is 11.9 Å². The maximum absolute atomic E-state index is 11.8. The number of carboxylic acid groups (broad SMARTS) is 2. The molecule has 0 saturated carbocycles. The molecule has 0 atom stereocenters. The van der Waals surface area contributed by atoms with Crippen molar-refractivity contribution in [1.82, 2.24) is 4.72 Å². The van der Waals surface area contributed by atoms with Crippen molar-refractivity contribution in [3.8, 4) is 0 Å². The van der Waals surface area contributed by atoms with E-state index in [0.29, 0.717) is 0 Å². The van der Waals surface area contributed by atoms with Crippen molar-refractivity contribution in [2.45, 2.75) is 26.3 Å². The summed E-state index contributed by atoms with van der Waals surface area (Å²) in [6, 6.07) is 3.51. The molecule has 0 unspecified atom stereocenters. The summed E-state index contributed by atoms with van der Waals surface area (Å²) in [4.78, 5) is 22.0. The number of halogens is 1. The van der Waals surface area contributed by atoms with Gasteiger partial charge in [0, 0.05) is 16.1 Å². The highest BCUT2D eigenvalue weighted by atomic mass is 35.5. The van der Waals surface area contributed by atoms with E-state index in [1.165, 1.54) is 12.1 Å². The number of benzene rings is 1. The highest BCUT2D eigenvalue weighted by molar-refractivity contribution is 7.88. The fourth-order valence-electron chi connectivity index (χ4n) is 1.61. The zero-order valence-electron chi connectivity index (χ0n) is 13.0. The van der Waals surface area contributed by atoms with Gasteiger partial charge < -0.3 is 10.2 Å². The predicted molar refractivity (Wildman–Crippen MR) is 89.4 cm³/mol. The topological polar surface area (TPSA) is 136 Å². The van der Waals surface area contributed by atoms with E-state index in [1.807, 2.05) is 0 Å². The highest BCUT2D eigenvalue weighted by Crippen LogP contribution is 2.23. The van der Waals surface area contributed by atoms with Crippen molar-refractivity contribution in [2.24, 2.45) is 4.40 Å². The lowest BCUT2D eigenvalue weighted by Gasteiger charge is -2.18. The molecule has 1 rings (SSSR count). The summed E-state index contributed by atoms with van der Waals surface area (Å²) in [5.41, 5.74) is -0.923. The molecular formula is C13H16ClN3O6S. The van der Waals surface area contributed by atoms with E-state index >= 15 is 0 Å². The first-order valence-electron chi connectivity index (χ1n) is 6.47. The molecule has 9 nitrogen and oxygen atoms in total. The van der Waals surface area contributed by atoms with Gasteiger partial charge in [0.1, 0.15) is 0 Å². The average molecular weight is 378 g/mol. The van der Waals surface area contributed by atoms with Gasteiger partial charge in [-0.3, -0.25) is 0 Å². The zero-order valence-corrected chi connectivity index (χ0v) is 14.6. The molecule has 3 N–H and O–H groups in total. The van der Waals surface area contributed by atoms with Crippen molar-refractivity contribution in [2.75, 3.05) is 4.90 Å². The Bertz CT molecular complexity index is 771. The van der Waals surface area contributed by atoms with Crippen LogP contribution in [0, 0.1) is 0 Å². The number of carbonyl (C=O) groups is 2. The number of anilines is 1. The van der Waals surface area contributed by atoms with Crippen LogP contribution in [0.15, 0.2) is 22.6 Å². The lowest BCUT2D eigenvalue weighted by Crippen LogP contribution is -2.39. The first-order chi connectivity index (χ1) is 10.8. The van der Waals surface area contributed by atoms with Gasteiger partial charge >= 0.3 is 22.4 Å². The van der Waals surface area contributed by atoms with Crippen molar-refractivity contribution < 1.29 is 28.2 Å². The van der Waals surface area contributed by atoms with Gasteiger partial charge in [0.2, 0.25) is 0 Å². The molecule has 0 heterocycles. The quantitative estimate of drug-likeness (QED) is 0.689. The van der Waals surface area contributed by atoms with E-state index in [2.05, 4.69) is 9.12 Å². The molecule has 1 aromatic rings. The van der Waals surface area contributed by atoms with Gasteiger partial charge in [0.15, 0.2) is 0 Å². The van der Waals surface area contributed by atoms with Crippen LogP contribution in [0.25, 0.3) is 0 Å². The number of hydrogen-bond donors (Lipinski definition) is 3. The Morgan fingerprint density at radius 1 is 1.25 bits per heavy atom. The summed E-state index contributed by atoms with van der Waals surface area (Å²) >= 11 is 5.90. The van der Waals surface area contributed by atoms with Gasteiger partial charge in [0.25, 0.3) is 0 Å². The minimum Gasteiger partial charge on any atom is -0.464 e. The van der Waals surface area contributed by atoms with Gasteiger partial charge in [-0.2, -0.15) is 22.4 Å². The Hall–Kier alpha value is -2.17. The van der Waals surface area contributed by atoms with Gasteiger partial charge in [-0.25, -0.2) is 9.59 Å². The number of amides is 2. The third kappa shape index (κ3) is 5.80. The van der Waals surface area contributed by atoms with Gasteiger partial charge in [-0.15, -0.1) is 0 Å². The van der Waals surface area contributed by atoms with Crippen LogP contribution in [0.2, 0.25) is 5.02 Å². The molecule has 0 aromatic heterocycles. The van der Waals surface area contributed by atoms with Crippen LogP contribution in [0.1, 0.15) is 26.3 Å². The number of rotatable bonds is 4. The molecule has 0 aliphatic rings. The standard InChI is InChI=1S/C13H16ClN3O6S/c1-13(2,3)16-24(22,23)15-7-8-6-9(4-5-10(8)14)17(11(18)19)12(20)21/h4-7,16H,1-3H3,(H,18,19)(H,20,21). The number of hydrogen-bond acceptors (Lipinski definition) is 4. The molecule has 132 valence electrons. The van der Waals surface area contributed by atoms with E-state index in [-0.39, 0.29) is 21.2 Å². The largest absolute Gasteiger partial charge is 0.464 e. The summed E-state index contributed by atoms with van der Waals surface area (Å²) in [6.07, 6.45) is -2.52. The molecule has 0 aliphatic heterocycles. The highest BCUT2D eigenvalue weighted by Gasteiger charge is 2.23. The molecule has 0 fully saturated rings. The minimum atomic E-state index is -4.01. The van der Waals surface area contributed by atoms with Crippen molar-refractivity contribution in [3.05, 3.63) is 28.8 Å². The monoisotopic (exact) mass is 377 g/mol. The molecule has 0 spiro atoms. The Kier molecular flexibility index (Phi) is 5.93. The Morgan fingerprint density at radius 3 is 2.25 bits per heavy atom. The number of imide groups is 1. The van der Waals surface area contributed by atoms with Crippen LogP contribution in [0.3, 0.4) is 0 Å². The molecule has 2 amide bonds. The van der Waals surface area contributed by atoms with Crippen LogP contribution in [-0.4, -0.2) is 42.6 Å².